The first-order chi connectivity index (χ1) is 15.1. The van der Waals surface area contributed by atoms with E-state index in [2.05, 4.69) is 10.1 Å². The second kappa shape index (κ2) is 7.73. The number of carbonyl (C=O) groups is 1. The number of rotatable bonds is 5. The first-order valence-electron chi connectivity index (χ1n) is 9.32. The Balaban J connectivity index is 1.28. The standard InChI is InChI=1S/C22H14ClN3O5/c23-14-7-5-13(6-8-14)17-9-15(31-25-17)11-29-19(27)10-26-12-24-20-16-3-1-2-4-18(16)30-21(20)22(26)28/h1-9,12H,10-11H2. The van der Waals surface area contributed by atoms with Gasteiger partial charge in [-0.1, -0.05) is 41.0 Å². The second-order valence-electron chi connectivity index (χ2n) is 6.80. The minimum absolute atomic E-state index is 0.0966. The normalized spacial score (nSPS) is 11.3. The molecule has 0 radical (unpaired) electrons. The number of carbonyl (C=O) groups excluding carboxylic acids is 1. The maximum Gasteiger partial charge on any atom is 0.326 e. The Morgan fingerprint density at radius 2 is 1.94 bits per heavy atom. The van der Waals surface area contributed by atoms with Crippen molar-refractivity contribution in [2.45, 2.75) is 13.2 Å². The largest absolute Gasteiger partial charge is 0.456 e. The first-order valence-corrected chi connectivity index (χ1v) is 9.70. The molecule has 0 unspecified atom stereocenters. The number of fused-ring (bicyclic) bond motifs is 3. The third kappa shape index (κ3) is 3.69. The Kier molecular flexibility index (Phi) is 4.76. The third-order valence-corrected chi connectivity index (χ3v) is 4.98. The Bertz CT molecular complexity index is 1470. The number of benzene rings is 2. The fourth-order valence-corrected chi connectivity index (χ4v) is 3.33. The van der Waals surface area contributed by atoms with Gasteiger partial charge in [0.05, 0.1) is 6.33 Å². The molecule has 5 rings (SSSR count). The molecule has 0 saturated heterocycles. The number of hydrogen-bond acceptors (Lipinski definition) is 7. The van der Waals surface area contributed by atoms with Gasteiger partial charge in [0.15, 0.2) is 12.4 Å². The summed E-state index contributed by atoms with van der Waals surface area (Å²) in [5.74, 6) is -0.250. The fourth-order valence-electron chi connectivity index (χ4n) is 3.20. The maximum absolute atomic E-state index is 12.7. The second-order valence-corrected chi connectivity index (χ2v) is 7.24. The van der Waals surface area contributed by atoms with Crippen LogP contribution in [0.15, 0.2) is 74.7 Å². The van der Waals surface area contributed by atoms with Crippen molar-refractivity contribution in [1.82, 2.24) is 14.7 Å². The van der Waals surface area contributed by atoms with Crippen molar-refractivity contribution < 1.29 is 18.5 Å². The Hall–Kier alpha value is -3.91. The summed E-state index contributed by atoms with van der Waals surface area (Å²) in [7, 11) is 0. The number of nitrogens with zero attached hydrogens (tertiary/aromatic N) is 3. The highest BCUT2D eigenvalue weighted by Crippen LogP contribution is 2.24. The van der Waals surface area contributed by atoms with E-state index in [4.69, 9.17) is 25.3 Å². The molecule has 154 valence electrons. The Morgan fingerprint density at radius 3 is 2.77 bits per heavy atom. The SMILES string of the molecule is O=C(Cn1cnc2c(oc3ccccc32)c1=O)OCc1cc(-c2ccc(Cl)cc2)no1. The van der Waals surface area contributed by atoms with Crippen LogP contribution in [0.4, 0.5) is 0 Å². The molecule has 5 aromatic rings. The smallest absolute Gasteiger partial charge is 0.326 e. The van der Waals surface area contributed by atoms with E-state index in [9.17, 15) is 9.59 Å². The molecule has 3 heterocycles. The van der Waals surface area contributed by atoms with Crippen LogP contribution in [0.3, 0.4) is 0 Å². The predicted octanol–water partition coefficient (Wildman–Crippen LogP) is 4.19. The highest BCUT2D eigenvalue weighted by molar-refractivity contribution is 6.30. The summed E-state index contributed by atoms with van der Waals surface area (Å²) in [4.78, 5) is 29.2. The molecule has 0 N–H and O–H groups in total. The monoisotopic (exact) mass is 435 g/mol. The van der Waals surface area contributed by atoms with Crippen molar-refractivity contribution in [2.75, 3.05) is 0 Å². The Morgan fingerprint density at radius 1 is 1.13 bits per heavy atom. The minimum Gasteiger partial charge on any atom is -0.456 e. The summed E-state index contributed by atoms with van der Waals surface area (Å²) in [6.45, 7) is -0.425. The van der Waals surface area contributed by atoms with E-state index in [1.165, 1.54) is 6.33 Å². The van der Waals surface area contributed by atoms with Gasteiger partial charge in [0.25, 0.3) is 5.56 Å². The van der Waals surface area contributed by atoms with Crippen LogP contribution < -0.4 is 5.56 Å². The molecule has 0 bridgehead atoms. The summed E-state index contributed by atoms with van der Waals surface area (Å²) >= 11 is 5.88. The van der Waals surface area contributed by atoms with Crippen LogP contribution in [-0.4, -0.2) is 20.7 Å². The van der Waals surface area contributed by atoms with Crippen molar-refractivity contribution in [3.8, 4) is 11.3 Å². The predicted molar refractivity (Wildman–Crippen MR) is 113 cm³/mol. The molecule has 0 fully saturated rings. The topological polar surface area (TPSA) is 100 Å². The molecule has 0 aliphatic heterocycles. The molecule has 0 saturated carbocycles. The van der Waals surface area contributed by atoms with Gasteiger partial charge in [-0.2, -0.15) is 0 Å². The lowest BCUT2D eigenvalue weighted by atomic mass is 10.1. The molecular formula is C22H14ClN3O5. The number of para-hydroxylation sites is 1. The van der Waals surface area contributed by atoms with E-state index in [1.54, 1.807) is 24.3 Å². The van der Waals surface area contributed by atoms with Crippen LogP contribution in [-0.2, 0) is 22.7 Å². The molecule has 0 atom stereocenters. The molecule has 0 spiro atoms. The number of esters is 1. The van der Waals surface area contributed by atoms with Crippen LogP contribution in [0.25, 0.3) is 33.3 Å². The molecule has 0 aliphatic rings. The molecule has 3 aromatic heterocycles. The van der Waals surface area contributed by atoms with E-state index in [-0.39, 0.29) is 18.7 Å². The zero-order valence-corrected chi connectivity index (χ0v) is 16.7. The molecular weight excluding hydrogens is 422 g/mol. The van der Waals surface area contributed by atoms with Gasteiger partial charge in [0.1, 0.15) is 23.3 Å². The van der Waals surface area contributed by atoms with Gasteiger partial charge < -0.3 is 13.7 Å². The summed E-state index contributed by atoms with van der Waals surface area (Å²) in [5.41, 5.74) is 2.08. The van der Waals surface area contributed by atoms with Gasteiger partial charge in [0.2, 0.25) is 5.58 Å². The van der Waals surface area contributed by atoms with Crippen molar-refractivity contribution in [1.29, 1.82) is 0 Å². The van der Waals surface area contributed by atoms with Crippen molar-refractivity contribution in [2.24, 2.45) is 0 Å². The Labute approximate surface area is 179 Å². The lowest BCUT2D eigenvalue weighted by Crippen LogP contribution is -2.25. The molecule has 31 heavy (non-hydrogen) atoms. The molecule has 8 nitrogen and oxygen atoms in total. The van der Waals surface area contributed by atoms with Gasteiger partial charge in [-0.05, 0) is 24.3 Å². The lowest BCUT2D eigenvalue weighted by molar-refractivity contribution is -0.146. The number of hydrogen-bond donors (Lipinski definition) is 0. The quantitative estimate of drug-likeness (QED) is 0.381. The number of furan rings is 1. The van der Waals surface area contributed by atoms with E-state index in [0.717, 1.165) is 15.5 Å². The lowest BCUT2D eigenvalue weighted by Gasteiger charge is -2.04. The van der Waals surface area contributed by atoms with Gasteiger partial charge in [-0.15, -0.1) is 0 Å². The summed E-state index contributed by atoms with van der Waals surface area (Å²) < 4.78 is 17.2. The summed E-state index contributed by atoms with van der Waals surface area (Å²) in [6.07, 6.45) is 1.31. The van der Waals surface area contributed by atoms with Crippen molar-refractivity contribution in [3.63, 3.8) is 0 Å². The average molecular weight is 436 g/mol. The number of ether oxygens (including phenoxy) is 1. The molecule has 0 aliphatic carbocycles. The van der Waals surface area contributed by atoms with E-state index >= 15 is 0 Å². The zero-order valence-electron chi connectivity index (χ0n) is 15.9. The number of halogens is 1. The molecule has 2 aromatic carbocycles. The highest BCUT2D eigenvalue weighted by Gasteiger charge is 2.16. The van der Waals surface area contributed by atoms with Gasteiger partial charge in [-0.25, -0.2) is 4.98 Å². The third-order valence-electron chi connectivity index (χ3n) is 4.72. The van der Waals surface area contributed by atoms with E-state index in [1.807, 2.05) is 30.3 Å². The van der Waals surface area contributed by atoms with Crippen molar-refractivity contribution in [3.05, 3.63) is 82.1 Å². The minimum atomic E-state index is -0.621. The number of aromatic nitrogens is 3. The van der Waals surface area contributed by atoms with Gasteiger partial charge in [0, 0.05) is 22.0 Å². The summed E-state index contributed by atoms with van der Waals surface area (Å²) in [6, 6.07) is 16.0. The van der Waals surface area contributed by atoms with Crippen LogP contribution in [0.5, 0.6) is 0 Å². The average Bonchev–Trinajstić information content (AvgIpc) is 3.40. The van der Waals surface area contributed by atoms with Crippen molar-refractivity contribution >= 4 is 39.6 Å². The highest BCUT2D eigenvalue weighted by atomic mass is 35.5. The molecule has 0 amide bonds. The van der Waals surface area contributed by atoms with E-state index in [0.29, 0.717) is 27.6 Å². The first kappa shape index (κ1) is 19.1. The fraction of sp³-hybridized carbons (Fsp3) is 0.0909. The van der Waals surface area contributed by atoms with Gasteiger partial charge in [-0.3, -0.25) is 14.2 Å². The maximum atomic E-state index is 12.7. The van der Waals surface area contributed by atoms with Gasteiger partial charge >= 0.3 is 5.97 Å². The zero-order chi connectivity index (χ0) is 21.4. The van der Waals surface area contributed by atoms with Crippen LogP contribution in [0, 0.1) is 0 Å². The summed E-state index contributed by atoms with van der Waals surface area (Å²) in [5, 5.41) is 5.32. The van der Waals surface area contributed by atoms with E-state index < -0.39 is 11.5 Å². The van der Waals surface area contributed by atoms with Crippen LogP contribution in [0.1, 0.15) is 5.76 Å². The van der Waals surface area contributed by atoms with Crippen LogP contribution in [0.2, 0.25) is 5.02 Å². The molecule has 9 heteroatoms. The van der Waals surface area contributed by atoms with Crippen LogP contribution >= 0.6 is 11.6 Å².